The zero-order valence-corrected chi connectivity index (χ0v) is 11.5. The summed E-state index contributed by atoms with van der Waals surface area (Å²) in [5, 5.41) is 6.13. The van der Waals surface area contributed by atoms with Crippen molar-refractivity contribution in [2.45, 2.75) is 31.1 Å². The Hall–Kier alpha value is -1.68. The number of piperidine rings is 2. The SMILES string of the molecule is O=C1CCNC(=O)C1c1ccc(C2CCNCC2)cc1. The maximum absolute atomic E-state index is 11.9. The summed E-state index contributed by atoms with van der Waals surface area (Å²) in [6.45, 7) is 2.60. The van der Waals surface area contributed by atoms with E-state index in [2.05, 4.69) is 22.8 Å². The summed E-state index contributed by atoms with van der Waals surface area (Å²) in [6.07, 6.45) is 2.75. The Labute approximate surface area is 118 Å². The number of nitrogens with one attached hydrogen (secondary N) is 2. The van der Waals surface area contributed by atoms with E-state index in [4.69, 9.17) is 0 Å². The van der Waals surface area contributed by atoms with E-state index in [-0.39, 0.29) is 11.7 Å². The fourth-order valence-corrected chi connectivity index (χ4v) is 3.15. The summed E-state index contributed by atoms with van der Waals surface area (Å²) in [4.78, 5) is 23.8. The van der Waals surface area contributed by atoms with Crippen LogP contribution in [0.3, 0.4) is 0 Å². The summed E-state index contributed by atoms with van der Waals surface area (Å²) in [6, 6.07) is 8.07. The number of ketones is 1. The van der Waals surface area contributed by atoms with E-state index in [0.29, 0.717) is 18.9 Å². The van der Waals surface area contributed by atoms with E-state index in [1.165, 1.54) is 5.56 Å². The molecule has 4 heteroatoms. The molecule has 2 heterocycles. The second kappa shape index (κ2) is 5.75. The van der Waals surface area contributed by atoms with Gasteiger partial charge in [0.2, 0.25) is 5.91 Å². The lowest BCUT2D eigenvalue weighted by molar-refractivity contribution is -0.132. The lowest BCUT2D eigenvalue weighted by Gasteiger charge is -2.24. The number of Topliss-reactive ketones (excluding diaryl/α,β-unsaturated/α-hetero) is 1. The zero-order valence-electron chi connectivity index (χ0n) is 11.5. The average Bonchev–Trinajstić information content (AvgIpc) is 2.49. The summed E-state index contributed by atoms with van der Waals surface area (Å²) < 4.78 is 0. The lowest BCUT2D eigenvalue weighted by Crippen LogP contribution is -2.40. The van der Waals surface area contributed by atoms with Crippen LogP contribution in [0.15, 0.2) is 24.3 Å². The lowest BCUT2D eigenvalue weighted by atomic mass is 9.86. The van der Waals surface area contributed by atoms with Gasteiger partial charge in [-0.05, 0) is 43.0 Å². The topological polar surface area (TPSA) is 58.2 Å². The molecular weight excluding hydrogens is 252 g/mol. The van der Waals surface area contributed by atoms with Crippen LogP contribution in [-0.4, -0.2) is 31.3 Å². The van der Waals surface area contributed by atoms with Crippen molar-refractivity contribution in [3.8, 4) is 0 Å². The van der Waals surface area contributed by atoms with Crippen molar-refractivity contribution in [2.24, 2.45) is 0 Å². The van der Waals surface area contributed by atoms with Gasteiger partial charge in [-0.2, -0.15) is 0 Å². The molecule has 1 amide bonds. The molecule has 0 aliphatic carbocycles. The van der Waals surface area contributed by atoms with Crippen molar-refractivity contribution >= 4 is 11.7 Å². The van der Waals surface area contributed by atoms with Gasteiger partial charge in [0.05, 0.1) is 0 Å². The molecule has 2 N–H and O–H groups in total. The maximum Gasteiger partial charge on any atom is 0.235 e. The third-order valence-corrected chi connectivity index (χ3v) is 4.34. The second-order valence-corrected chi connectivity index (χ2v) is 5.63. The van der Waals surface area contributed by atoms with Crippen molar-refractivity contribution in [3.05, 3.63) is 35.4 Å². The number of benzene rings is 1. The summed E-state index contributed by atoms with van der Waals surface area (Å²) in [7, 11) is 0. The third kappa shape index (κ3) is 2.61. The summed E-state index contributed by atoms with van der Waals surface area (Å²) in [5.41, 5.74) is 2.14. The Kier molecular flexibility index (Phi) is 3.83. The number of hydrogen-bond acceptors (Lipinski definition) is 3. The largest absolute Gasteiger partial charge is 0.355 e. The monoisotopic (exact) mass is 272 g/mol. The van der Waals surface area contributed by atoms with Crippen molar-refractivity contribution in [1.29, 1.82) is 0 Å². The fourth-order valence-electron chi connectivity index (χ4n) is 3.15. The normalized spacial score (nSPS) is 24.5. The molecule has 0 saturated carbocycles. The highest BCUT2D eigenvalue weighted by Crippen LogP contribution is 2.28. The molecule has 1 aromatic rings. The van der Waals surface area contributed by atoms with Crippen LogP contribution >= 0.6 is 0 Å². The Morgan fingerprint density at radius 1 is 0.900 bits per heavy atom. The highest BCUT2D eigenvalue weighted by atomic mass is 16.2. The van der Waals surface area contributed by atoms with E-state index >= 15 is 0 Å². The smallest absolute Gasteiger partial charge is 0.235 e. The van der Waals surface area contributed by atoms with Gasteiger partial charge in [-0.25, -0.2) is 0 Å². The van der Waals surface area contributed by atoms with Crippen LogP contribution in [0.2, 0.25) is 0 Å². The molecule has 3 rings (SSSR count). The molecule has 2 aliphatic rings. The molecule has 106 valence electrons. The van der Waals surface area contributed by atoms with Crippen LogP contribution in [0.4, 0.5) is 0 Å². The first-order valence-electron chi connectivity index (χ1n) is 7.37. The van der Waals surface area contributed by atoms with Crippen LogP contribution in [0.5, 0.6) is 0 Å². The zero-order chi connectivity index (χ0) is 13.9. The minimum atomic E-state index is -0.606. The van der Waals surface area contributed by atoms with E-state index in [1.807, 2.05) is 12.1 Å². The number of hydrogen-bond donors (Lipinski definition) is 2. The van der Waals surface area contributed by atoms with Crippen LogP contribution in [-0.2, 0) is 9.59 Å². The Bertz CT molecular complexity index is 488. The van der Waals surface area contributed by atoms with Gasteiger partial charge in [0.15, 0.2) is 5.78 Å². The van der Waals surface area contributed by atoms with Crippen molar-refractivity contribution in [2.75, 3.05) is 19.6 Å². The van der Waals surface area contributed by atoms with Gasteiger partial charge >= 0.3 is 0 Å². The number of carbonyl (C=O) groups is 2. The van der Waals surface area contributed by atoms with Gasteiger partial charge in [-0.15, -0.1) is 0 Å². The van der Waals surface area contributed by atoms with Gasteiger partial charge in [0, 0.05) is 13.0 Å². The fraction of sp³-hybridized carbons (Fsp3) is 0.500. The van der Waals surface area contributed by atoms with Gasteiger partial charge in [-0.1, -0.05) is 24.3 Å². The number of rotatable bonds is 2. The Morgan fingerprint density at radius 2 is 1.55 bits per heavy atom. The highest BCUT2D eigenvalue weighted by Gasteiger charge is 2.31. The van der Waals surface area contributed by atoms with Crippen molar-refractivity contribution in [3.63, 3.8) is 0 Å². The minimum absolute atomic E-state index is 0.0309. The van der Waals surface area contributed by atoms with Gasteiger partial charge in [0.1, 0.15) is 5.92 Å². The molecule has 0 radical (unpaired) electrons. The van der Waals surface area contributed by atoms with Crippen LogP contribution in [0, 0.1) is 0 Å². The molecule has 2 fully saturated rings. The predicted octanol–water partition coefficient (Wildman–Crippen LogP) is 1.33. The first kappa shape index (κ1) is 13.3. The van der Waals surface area contributed by atoms with Crippen LogP contribution < -0.4 is 10.6 Å². The molecule has 0 bridgehead atoms. The van der Waals surface area contributed by atoms with Crippen LogP contribution in [0.1, 0.15) is 42.2 Å². The molecule has 2 aliphatic heterocycles. The van der Waals surface area contributed by atoms with Gasteiger partial charge in [-0.3, -0.25) is 9.59 Å². The van der Waals surface area contributed by atoms with E-state index < -0.39 is 5.92 Å². The molecule has 1 aromatic carbocycles. The molecule has 1 unspecified atom stereocenters. The minimum Gasteiger partial charge on any atom is -0.355 e. The van der Waals surface area contributed by atoms with Crippen molar-refractivity contribution < 1.29 is 9.59 Å². The molecule has 1 atom stereocenters. The first-order valence-corrected chi connectivity index (χ1v) is 7.37. The number of carbonyl (C=O) groups excluding carboxylic acids is 2. The highest BCUT2D eigenvalue weighted by molar-refractivity contribution is 6.08. The van der Waals surface area contributed by atoms with E-state index in [0.717, 1.165) is 31.5 Å². The predicted molar refractivity (Wildman–Crippen MR) is 76.7 cm³/mol. The molecule has 0 aromatic heterocycles. The maximum atomic E-state index is 11.9. The molecule has 0 spiro atoms. The van der Waals surface area contributed by atoms with Gasteiger partial charge < -0.3 is 10.6 Å². The summed E-state index contributed by atoms with van der Waals surface area (Å²) in [5.74, 6) is -0.133. The quantitative estimate of drug-likeness (QED) is 0.799. The molecule has 4 nitrogen and oxygen atoms in total. The van der Waals surface area contributed by atoms with E-state index in [9.17, 15) is 9.59 Å². The molecular formula is C16H20N2O2. The molecule has 20 heavy (non-hydrogen) atoms. The third-order valence-electron chi connectivity index (χ3n) is 4.34. The number of amides is 1. The second-order valence-electron chi connectivity index (χ2n) is 5.63. The van der Waals surface area contributed by atoms with Gasteiger partial charge in [0.25, 0.3) is 0 Å². The first-order chi connectivity index (χ1) is 9.75. The Morgan fingerprint density at radius 3 is 2.20 bits per heavy atom. The Balaban J connectivity index is 1.78. The van der Waals surface area contributed by atoms with Crippen LogP contribution in [0.25, 0.3) is 0 Å². The summed E-state index contributed by atoms with van der Waals surface area (Å²) >= 11 is 0. The average molecular weight is 272 g/mol. The van der Waals surface area contributed by atoms with Crippen molar-refractivity contribution in [1.82, 2.24) is 10.6 Å². The standard InChI is InChI=1S/C16H20N2O2/c19-14-7-10-18-16(20)15(14)13-3-1-11(2-4-13)12-5-8-17-9-6-12/h1-4,12,15,17H,5-10H2,(H,18,20). The van der Waals surface area contributed by atoms with E-state index in [1.54, 1.807) is 0 Å². The molecule has 2 saturated heterocycles.